The number of H-pyrrole nitrogens is 1. The summed E-state index contributed by atoms with van der Waals surface area (Å²) in [5.41, 5.74) is 1.36. The molecule has 1 fully saturated rings. The van der Waals surface area contributed by atoms with Crippen LogP contribution in [0.4, 0.5) is 0 Å². The first-order valence-electron chi connectivity index (χ1n) is 5.64. The van der Waals surface area contributed by atoms with Gasteiger partial charge >= 0.3 is 0 Å². The number of rotatable bonds is 3. The Balaban J connectivity index is 2.00. The van der Waals surface area contributed by atoms with Crippen LogP contribution in [0.15, 0.2) is 6.20 Å². The number of hydrogen-bond acceptors (Lipinski definition) is 3. The number of carbonyl (C=O) groups is 1. The van der Waals surface area contributed by atoms with E-state index < -0.39 is 0 Å². The summed E-state index contributed by atoms with van der Waals surface area (Å²) < 4.78 is 0. The Hall–Kier alpha value is -1.36. The highest BCUT2D eigenvalue weighted by Crippen LogP contribution is 2.25. The molecule has 2 rings (SSSR count). The normalized spacial score (nSPS) is 24.6. The molecule has 1 aliphatic carbocycles. The Bertz CT molecular complexity index is 375. The number of aliphatic hydroxyl groups excluding tert-OH is 1. The molecule has 2 unspecified atom stereocenters. The molecule has 0 saturated heterocycles. The summed E-state index contributed by atoms with van der Waals surface area (Å²) in [6.07, 6.45) is 4.55. The number of nitrogens with zero attached hydrogens (tertiary/aromatic N) is 1. The second-order valence-electron chi connectivity index (χ2n) is 4.36. The first kappa shape index (κ1) is 11.1. The predicted octanol–water partition coefficient (Wildman–Crippen LogP) is 0.609. The second-order valence-corrected chi connectivity index (χ2v) is 4.36. The predicted molar refractivity (Wildman–Crippen MR) is 59.0 cm³/mol. The lowest BCUT2D eigenvalue weighted by Gasteiger charge is -2.18. The molecule has 2 atom stereocenters. The van der Waals surface area contributed by atoms with Crippen molar-refractivity contribution in [2.24, 2.45) is 5.92 Å². The number of hydrogen-bond donors (Lipinski definition) is 3. The van der Waals surface area contributed by atoms with E-state index in [1.54, 1.807) is 0 Å². The van der Waals surface area contributed by atoms with Gasteiger partial charge in [0.05, 0.1) is 11.8 Å². The standard InChI is InChI=1S/C11H17N3O2/c1-7-9(5-12-14-7)11(16)13-10-4-2-3-8(10)6-15/h5,8,10,15H,2-4,6H2,1H3,(H,12,14)(H,13,16). The minimum Gasteiger partial charge on any atom is -0.396 e. The second kappa shape index (κ2) is 4.65. The van der Waals surface area contributed by atoms with Gasteiger partial charge in [-0.2, -0.15) is 5.10 Å². The molecular weight excluding hydrogens is 206 g/mol. The number of carbonyl (C=O) groups excluding carboxylic acids is 1. The van der Waals surface area contributed by atoms with E-state index >= 15 is 0 Å². The van der Waals surface area contributed by atoms with Crippen LogP contribution in [0, 0.1) is 12.8 Å². The van der Waals surface area contributed by atoms with E-state index in [2.05, 4.69) is 15.5 Å². The van der Waals surface area contributed by atoms with Crippen LogP contribution in [0.5, 0.6) is 0 Å². The summed E-state index contributed by atoms with van der Waals surface area (Å²) in [5.74, 6) is 0.104. The number of amides is 1. The lowest BCUT2D eigenvalue weighted by Crippen LogP contribution is -2.38. The van der Waals surface area contributed by atoms with Gasteiger partial charge in [-0.1, -0.05) is 6.42 Å². The van der Waals surface area contributed by atoms with Gasteiger partial charge in [0.25, 0.3) is 5.91 Å². The Morgan fingerprint density at radius 2 is 2.50 bits per heavy atom. The maximum absolute atomic E-state index is 11.9. The molecule has 16 heavy (non-hydrogen) atoms. The third-order valence-corrected chi connectivity index (χ3v) is 3.28. The lowest BCUT2D eigenvalue weighted by molar-refractivity contribution is 0.0915. The first-order valence-corrected chi connectivity index (χ1v) is 5.64. The molecule has 1 amide bonds. The van der Waals surface area contributed by atoms with Gasteiger partial charge in [-0.3, -0.25) is 9.89 Å². The van der Waals surface area contributed by atoms with Crippen LogP contribution in [0.25, 0.3) is 0 Å². The van der Waals surface area contributed by atoms with Gasteiger partial charge in [0, 0.05) is 24.3 Å². The van der Waals surface area contributed by atoms with Gasteiger partial charge in [-0.05, 0) is 19.8 Å². The van der Waals surface area contributed by atoms with Crippen molar-refractivity contribution in [2.75, 3.05) is 6.61 Å². The van der Waals surface area contributed by atoms with Gasteiger partial charge < -0.3 is 10.4 Å². The molecule has 3 N–H and O–H groups in total. The van der Waals surface area contributed by atoms with Gasteiger partial charge in [-0.15, -0.1) is 0 Å². The van der Waals surface area contributed by atoms with Gasteiger partial charge in [0.15, 0.2) is 0 Å². The highest BCUT2D eigenvalue weighted by Gasteiger charge is 2.28. The number of aromatic nitrogens is 2. The van der Waals surface area contributed by atoms with Crippen LogP contribution >= 0.6 is 0 Å². The molecule has 88 valence electrons. The molecule has 5 nitrogen and oxygen atoms in total. The average molecular weight is 223 g/mol. The van der Waals surface area contributed by atoms with E-state index in [1.165, 1.54) is 6.20 Å². The third-order valence-electron chi connectivity index (χ3n) is 3.28. The molecule has 0 aromatic carbocycles. The Kier molecular flexibility index (Phi) is 3.24. The number of aryl methyl sites for hydroxylation is 1. The number of aliphatic hydroxyl groups is 1. The van der Waals surface area contributed by atoms with Crippen LogP contribution in [0.2, 0.25) is 0 Å². The third kappa shape index (κ3) is 2.09. The largest absolute Gasteiger partial charge is 0.396 e. The van der Waals surface area contributed by atoms with E-state index in [0.29, 0.717) is 5.56 Å². The quantitative estimate of drug-likeness (QED) is 0.702. The van der Waals surface area contributed by atoms with Gasteiger partial charge in [-0.25, -0.2) is 0 Å². The van der Waals surface area contributed by atoms with Crippen LogP contribution < -0.4 is 5.32 Å². The van der Waals surface area contributed by atoms with Crippen molar-refractivity contribution in [2.45, 2.75) is 32.2 Å². The van der Waals surface area contributed by atoms with Crippen molar-refractivity contribution in [3.63, 3.8) is 0 Å². The fourth-order valence-corrected chi connectivity index (χ4v) is 2.27. The van der Waals surface area contributed by atoms with Crippen molar-refractivity contribution < 1.29 is 9.90 Å². The molecule has 0 aliphatic heterocycles. The van der Waals surface area contributed by atoms with E-state index in [9.17, 15) is 4.79 Å². The molecule has 1 aliphatic rings. The fourth-order valence-electron chi connectivity index (χ4n) is 2.27. The average Bonchev–Trinajstić information content (AvgIpc) is 2.86. The van der Waals surface area contributed by atoms with Crippen LogP contribution in [-0.2, 0) is 0 Å². The molecule has 0 radical (unpaired) electrons. The SMILES string of the molecule is Cc1[nH]ncc1C(=O)NC1CCCC1CO. The molecule has 1 heterocycles. The maximum Gasteiger partial charge on any atom is 0.254 e. The Labute approximate surface area is 94.2 Å². The summed E-state index contributed by atoms with van der Waals surface area (Å²) in [6.45, 7) is 1.97. The Morgan fingerprint density at radius 1 is 1.69 bits per heavy atom. The van der Waals surface area contributed by atoms with E-state index in [0.717, 1.165) is 25.0 Å². The topological polar surface area (TPSA) is 78.0 Å². The molecule has 5 heteroatoms. The summed E-state index contributed by atoms with van der Waals surface area (Å²) in [7, 11) is 0. The minimum atomic E-state index is -0.100. The van der Waals surface area contributed by atoms with Crippen LogP contribution in [0.3, 0.4) is 0 Å². The molecule has 0 bridgehead atoms. The highest BCUT2D eigenvalue weighted by molar-refractivity contribution is 5.95. The number of aromatic amines is 1. The van der Waals surface area contributed by atoms with Crippen molar-refractivity contribution >= 4 is 5.91 Å². The zero-order valence-corrected chi connectivity index (χ0v) is 9.36. The zero-order valence-electron chi connectivity index (χ0n) is 9.36. The maximum atomic E-state index is 11.9. The summed E-state index contributed by atoms with van der Waals surface area (Å²) in [5, 5.41) is 18.7. The first-order chi connectivity index (χ1) is 7.72. The lowest BCUT2D eigenvalue weighted by atomic mass is 10.0. The van der Waals surface area contributed by atoms with Crippen molar-refractivity contribution in [1.29, 1.82) is 0 Å². The smallest absolute Gasteiger partial charge is 0.254 e. The minimum absolute atomic E-state index is 0.100. The monoisotopic (exact) mass is 223 g/mol. The number of nitrogens with one attached hydrogen (secondary N) is 2. The zero-order chi connectivity index (χ0) is 11.5. The highest BCUT2D eigenvalue weighted by atomic mass is 16.3. The van der Waals surface area contributed by atoms with E-state index in [4.69, 9.17) is 5.11 Å². The van der Waals surface area contributed by atoms with E-state index in [-0.39, 0.29) is 24.5 Å². The molecule has 1 saturated carbocycles. The molecule has 0 spiro atoms. The van der Waals surface area contributed by atoms with E-state index in [1.807, 2.05) is 6.92 Å². The fraction of sp³-hybridized carbons (Fsp3) is 0.636. The van der Waals surface area contributed by atoms with Crippen molar-refractivity contribution in [3.05, 3.63) is 17.5 Å². The van der Waals surface area contributed by atoms with Crippen LogP contribution in [-0.4, -0.2) is 33.9 Å². The van der Waals surface area contributed by atoms with Gasteiger partial charge in [0.2, 0.25) is 0 Å². The summed E-state index contributed by atoms with van der Waals surface area (Å²) in [6, 6.07) is 0.104. The van der Waals surface area contributed by atoms with Crippen LogP contribution in [0.1, 0.15) is 35.3 Å². The summed E-state index contributed by atoms with van der Waals surface area (Å²) >= 11 is 0. The Morgan fingerprint density at radius 3 is 3.12 bits per heavy atom. The van der Waals surface area contributed by atoms with Crippen molar-refractivity contribution in [1.82, 2.24) is 15.5 Å². The molecule has 1 aromatic rings. The van der Waals surface area contributed by atoms with Gasteiger partial charge in [0.1, 0.15) is 0 Å². The molecular formula is C11H17N3O2. The van der Waals surface area contributed by atoms with Crippen molar-refractivity contribution in [3.8, 4) is 0 Å². The molecule has 1 aromatic heterocycles. The summed E-state index contributed by atoms with van der Waals surface area (Å²) in [4.78, 5) is 11.9.